The van der Waals surface area contributed by atoms with E-state index in [-0.39, 0.29) is 12.5 Å². The Labute approximate surface area is 156 Å². The minimum absolute atomic E-state index is 0.0587. The van der Waals surface area contributed by atoms with Gasteiger partial charge in [-0.15, -0.1) is 0 Å². The molecule has 0 aliphatic heterocycles. The number of halogens is 3. The van der Waals surface area contributed by atoms with Crippen molar-refractivity contribution >= 4 is 50.9 Å². The summed E-state index contributed by atoms with van der Waals surface area (Å²) in [5, 5.41) is 12.2. The van der Waals surface area contributed by atoms with Gasteiger partial charge in [0.05, 0.1) is 22.2 Å². The van der Waals surface area contributed by atoms with Gasteiger partial charge in [-0.2, -0.15) is 10.2 Å². The molecule has 0 saturated heterocycles. The summed E-state index contributed by atoms with van der Waals surface area (Å²) in [5.41, 5.74) is 1.05. The molecular weight excluding hydrogens is 417 g/mol. The lowest BCUT2D eigenvalue weighted by Crippen LogP contribution is -2.19. The van der Waals surface area contributed by atoms with E-state index in [1.54, 1.807) is 17.1 Å². The maximum Gasteiger partial charge on any atom is 0.247 e. The highest BCUT2D eigenvalue weighted by Gasteiger charge is 2.11. The maximum atomic E-state index is 12.0. The van der Waals surface area contributed by atoms with Gasteiger partial charge in [0.25, 0.3) is 0 Å². The maximum absolute atomic E-state index is 12.0. The van der Waals surface area contributed by atoms with Gasteiger partial charge in [0, 0.05) is 17.4 Å². The number of anilines is 1. The van der Waals surface area contributed by atoms with E-state index in [2.05, 4.69) is 31.4 Å². The summed E-state index contributed by atoms with van der Waals surface area (Å²) >= 11 is 15.0. The van der Waals surface area contributed by atoms with Gasteiger partial charge >= 0.3 is 0 Å². The number of amides is 1. The van der Waals surface area contributed by atoms with Crippen molar-refractivity contribution in [3.63, 3.8) is 0 Å². The molecule has 0 aliphatic rings. The van der Waals surface area contributed by atoms with Gasteiger partial charge in [0.15, 0.2) is 5.82 Å². The second-order valence-corrected chi connectivity index (χ2v) is 6.78. The monoisotopic (exact) mass is 427 g/mol. The molecule has 2 aromatic heterocycles. The van der Waals surface area contributed by atoms with E-state index in [0.717, 1.165) is 5.56 Å². The van der Waals surface area contributed by atoms with Gasteiger partial charge in [0.1, 0.15) is 6.54 Å². The molecule has 6 nitrogen and oxygen atoms in total. The standard InChI is InChI=1S/C15H12BrCl2N5O/c16-13-8-23(6-10-1-3-11(17)4-2-10)21-15(13)20-14(24)9-22-7-12(18)5-19-22/h1-5,7-8H,6,9H2,(H,20,21,24). The molecule has 1 amide bonds. The van der Waals surface area contributed by atoms with E-state index in [1.807, 2.05) is 24.3 Å². The number of carbonyl (C=O) groups is 1. The zero-order valence-corrected chi connectivity index (χ0v) is 15.4. The number of nitrogens with one attached hydrogen (secondary N) is 1. The van der Waals surface area contributed by atoms with Crippen LogP contribution >= 0.6 is 39.1 Å². The Bertz CT molecular complexity index is 859. The van der Waals surface area contributed by atoms with Gasteiger partial charge in [-0.25, -0.2) is 0 Å². The fourth-order valence-electron chi connectivity index (χ4n) is 2.08. The SMILES string of the molecule is O=C(Cn1cc(Cl)cn1)Nc1nn(Cc2ccc(Cl)cc2)cc1Br. The summed E-state index contributed by atoms with van der Waals surface area (Å²) in [6.45, 7) is 0.629. The molecule has 0 saturated carbocycles. The lowest BCUT2D eigenvalue weighted by molar-refractivity contribution is -0.116. The molecule has 0 bridgehead atoms. The Hall–Kier alpha value is -1.83. The number of aromatic nitrogens is 4. The summed E-state index contributed by atoms with van der Waals surface area (Å²) in [4.78, 5) is 12.0. The molecular formula is C15H12BrCl2N5O. The van der Waals surface area contributed by atoms with Crippen molar-refractivity contribution < 1.29 is 4.79 Å². The van der Waals surface area contributed by atoms with Gasteiger partial charge in [-0.05, 0) is 33.6 Å². The molecule has 9 heteroatoms. The Morgan fingerprint density at radius 2 is 1.88 bits per heavy atom. The van der Waals surface area contributed by atoms with Crippen molar-refractivity contribution in [2.45, 2.75) is 13.1 Å². The first kappa shape index (κ1) is 17.0. The molecule has 1 N–H and O–H groups in total. The number of rotatable bonds is 5. The quantitative estimate of drug-likeness (QED) is 0.671. The summed E-state index contributed by atoms with van der Waals surface area (Å²) in [5.74, 6) is 0.208. The highest BCUT2D eigenvalue weighted by molar-refractivity contribution is 9.10. The predicted molar refractivity (Wildman–Crippen MR) is 96.3 cm³/mol. The third-order valence-electron chi connectivity index (χ3n) is 3.14. The smallest absolute Gasteiger partial charge is 0.247 e. The molecule has 0 atom stereocenters. The first-order valence-electron chi connectivity index (χ1n) is 6.95. The summed E-state index contributed by atoms with van der Waals surface area (Å²) in [7, 11) is 0. The molecule has 0 aliphatic carbocycles. The average molecular weight is 429 g/mol. The number of hydrogen-bond acceptors (Lipinski definition) is 3. The Balaban J connectivity index is 1.65. The largest absolute Gasteiger partial charge is 0.307 e. The fourth-order valence-corrected chi connectivity index (χ4v) is 2.78. The van der Waals surface area contributed by atoms with Gasteiger partial charge in [-0.3, -0.25) is 14.2 Å². The molecule has 1 aromatic carbocycles. The van der Waals surface area contributed by atoms with Crippen LogP contribution in [-0.2, 0) is 17.9 Å². The zero-order chi connectivity index (χ0) is 17.1. The van der Waals surface area contributed by atoms with Crippen molar-refractivity contribution in [1.82, 2.24) is 19.6 Å². The summed E-state index contributed by atoms with van der Waals surface area (Å²) < 4.78 is 3.88. The van der Waals surface area contributed by atoms with Crippen LogP contribution in [0, 0.1) is 0 Å². The molecule has 3 rings (SSSR count). The Kier molecular flexibility index (Phi) is 5.23. The Morgan fingerprint density at radius 3 is 2.54 bits per heavy atom. The first-order chi connectivity index (χ1) is 11.5. The van der Waals surface area contributed by atoms with E-state index in [1.165, 1.54) is 10.9 Å². The summed E-state index contributed by atoms with van der Waals surface area (Å²) in [6, 6.07) is 7.51. The molecule has 3 aromatic rings. The van der Waals surface area contributed by atoms with Crippen LogP contribution in [0.3, 0.4) is 0 Å². The van der Waals surface area contributed by atoms with Gasteiger partial charge in [-0.1, -0.05) is 35.3 Å². The molecule has 0 unspecified atom stereocenters. The van der Waals surface area contributed by atoms with Crippen molar-refractivity contribution in [2.24, 2.45) is 0 Å². The minimum atomic E-state index is -0.243. The normalized spacial score (nSPS) is 10.8. The van der Waals surface area contributed by atoms with Crippen molar-refractivity contribution in [1.29, 1.82) is 0 Å². The van der Waals surface area contributed by atoms with Crippen LogP contribution in [0.15, 0.2) is 47.3 Å². The predicted octanol–water partition coefficient (Wildman–Crippen LogP) is 3.84. The third kappa shape index (κ3) is 4.37. The Morgan fingerprint density at radius 1 is 1.12 bits per heavy atom. The van der Waals surface area contributed by atoms with Crippen LogP contribution in [0.4, 0.5) is 5.82 Å². The minimum Gasteiger partial charge on any atom is -0.307 e. The van der Waals surface area contributed by atoms with E-state index in [0.29, 0.717) is 26.9 Å². The third-order valence-corrected chi connectivity index (χ3v) is 4.17. The van der Waals surface area contributed by atoms with Crippen LogP contribution in [0.2, 0.25) is 10.0 Å². The molecule has 0 spiro atoms. The van der Waals surface area contributed by atoms with Crippen molar-refractivity contribution in [3.8, 4) is 0 Å². The summed E-state index contributed by atoms with van der Waals surface area (Å²) in [6.07, 6.45) is 4.86. The zero-order valence-electron chi connectivity index (χ0n) is 12.3. The molecule has 24 heavy (non-hydrogen) atoms. The molecule has 124 valence electrons. The average Bonchev–Trinajstić information content (AvgIpc) is 3.08. The number of nitrogens with zero attached hydrogens (tertiary/aromatic N) is 4. The number of carbonyl (C=O) groups excluding carboxylic acids is 1. The van der Waals surface area contributed by atoms with E-state index in [9.17, 15) is 4.79 Å². The lowest BCUT2D eigenvalue weighted by Gasteiger charge is -2.03. The first-order valence-corrected chi connectivity index (χ1v) is 8.50. The second-order valence-electron chi connectivity index (χ2n) is 5.05. The highest BCUT2D eigenvalue weighted by Crippen LogP contribution is 2.21. The van der Waals surface area contributed by atoms with Crippen LogP contribution in [0.25, 0.3) is 0 Å². The van der Waals surface area contributed by atoms with Crippen LogP contribution in [0.5, 0.6) is 0 Å². The van der Waals surface area contributed by atoms with Crippen LogP contribution < -0.4 is 5.32 Å². The van der Waals surface area contributed by atoms with Crippen LogP contribution in [0.1, 0.15) is 5.56 Å². The van der Waals surface area contributed by atoms with Gasteiger partial charge in [0.2, 0.25) is 5.91 Å². The highest BCUT2D eigenvalue weighted by atomic mass is 79.9. The fraction of sp³-hybridized carbons (Fsp3) is 0.133. The van der Waals surface area contributed by atoms with E-state index < -0.39 is 0 Å². The van der Waals surface area contributed by atoms with E-state index in [4.69, 9.17) is 23.2 Å². The number of hydrogen-bond donors (Lipinski definition) is 1. The second kappa shape index (κ2) is 7.38. The van der Waals surface area contributed by atoms with Crippen molar-refractivity contribution in [3.05, 3.63) is 62.9 Å². The van der Waals surface area contributed by atoms with E-state index >= 15 is 0 Å². The lowest BCUT2D eigenvalue weighted by atomic mass is 10.2. The van der Waals surface area contributed by atoms with Crippen molar-refractivity contribution in [2.75, 3.05) is 5.32 Å². The van der Waals surface area contributed by atoms with Gasteiger partial charge < -0.3 is 5.32 Å². The molecule has 0 radical (unpaired) electrons. The molecule has 0 fully saturated rings. The topological polar surface area (TPSA) is 64.7 Å². The molecule has 2 heterocycles. The van der Waals surface area contributed by atoms with Crippen LogP contribution in [-0.4, -0.2) is 25.5 Å². The number of benzene rings is 1.